The molecule has 1 aliphatic heterocycles. The van der Waals surface area contributed by atoms with Crippen LogP contribution >= 0.6 is 34.5 Å². The van der Waals surface area contributed by atoms with E-state index in [1.807, 2.05) is 5.38 Å². The molecule has 13 heteroatoms. The van der Waals surface area contributed by atoms with E-state index < -0.39 is 11.9 Å². The van der Waals surface area contributed by atoms with Crippen LogP contribution in [0.4, 0.5) is 4.39 Å². The predicted molar refractivity (Wildman–Crippen MR) is 160 cm³/mol. The maximum atomic E-state index is 14.9. The van der Waals surface area contributed by atoms with Crippen LogP contribution in [0.1, 0.15) is 23.0 Å². The second-order valence-corrected chi connectivity index (χ2v) is 11.6. The Morgan fingerprint density at radius 3 is 2.57 bits per heavy atom. The van der Waals surface area contributed by atoms with Crippen molar-refractivity contribution in [3.05, 3.63) is 74.7 Å². The molecule has 3 heterocycles. The highest BCUT2D eigenvalue weighted by Gasteiger charge is 2.26. The summed E-state index contributed by atoms with van der Waals surface area (Å²) in [4.78, 5) is 33.9. The number of piperazine rings is 1. The number of amides is 2. The van der Waals surface area contributed by atoms with Crippen molar-refractivity contribution >= 4 is 46.4 Å². The zero-order valence-corrected chi connectivity index (χ0v) is 25.0. The molecule has 9 nitrogen and oxygen atoms in total. The smallest absolute Gasteiger partial charge is 0.261 e. The van der Waals surface area contributed by atoms with E-state index >= 15 is 0 Å². The van der Waals surface area contributed by atoms with Crippen molar-refractivity contribution in [3.63, 3.8) is 0 Å². The van der Waals surface area contributed by atoms with Gasteiger partial charge in [0, 0.05) is 54.4 Å². The van der Waals surface area contributed by atoms with Crippen LogP contribution in [0.25, 0.3) is 22.8 Å². The molecule has 0 spiro atoms. The number of carbonyl (C=O) groups excluding carboxylic acids is 2. The van der Waals surface area contributed by atoms with Crippen LogP contribution in [0.3, 0.4) is 0 Å². The minimum absolute atomic E-state index is 0.0840. The average Bonchev–Trinajstić information content (AvgIpc) is 3.68. The average molecular weight is 633 g/mol. The highest BCUT2D eigenvalue weighted by Crippen LogP contribution is 2.29. The van der Waals surface area contributed by atoms with Crippen molar-refractivity contribution in [2.24, 2.45) is 0 Å². The highest BCUT2D eigenvalue weighted by atomic mass is 35.5. The molecule has 5 rings (SSSR count). The highest BCUT2D eigenvalue weighted by molar-refractivity contribution is 7.12. The SMILES string of the molecule is C[C@@H](NC(=O)c1cccs1)C(=O)N1CCN(CCCOc2ccc(-c3noc(-c4cc(Cl)cc(Cl)c4)n3)c(F)c2)CC1. The summed E-state index contributed by atoms with van der Waals surface area (Å²) in [5, 5.41) is 9.33. The molecule has 1 atom stereocenters. The Hall–Kier alpha value is -3.51. The summed E-state index contributed by atoms with van der Waals surface area (Å²) in [5.74, 6) is -0.181. The largest absolute Gasteiger partial charge is 0.493 e. The Kier molecular flexibility index (Phi) is 9.73. The van der Waals surface area contributed by atoms with Gasteiger partial charge in [-0.15, -0.1) is 11.3 Å². The minimum Gasteiger partial charge on any atom is -0.493 e. The van der Waals surface area contributed by atoms with Gasteiger partial charge in [-0.05, 0) is 55.1 Å². The lowest BCUT2D eigenvalue weighted by atomic mass is 10.2. The third-order valence-corrected chi connectivity index (χ3v) is 8.06. The third kappa shape index (κ3) is 7.46. The number of halogens is 3. The minimum atomic E-state index is -0.587. The van der Waals surface area contributed by atoms with Crippen molar-refractivity contribution in [3.8, 4) is 28.6 Å². The first-order valence-electron chi connectivity index (χ1n) is 13.4. The molecule has 4 aromatic rings. The normalized spacial score (nSPS) is 14.5. The summed E-state index contributed by atoms with van der Waals surface area (Å²) >= 11 is 13.4. The molecular weight excluding hydrogens is 604 g/mol. The van der Waals surface area contributed by atoms with E-state index in [4.69, 9.17) is 32.5 Å². The van der Waals surface area contributed by atoms with Crippen molar-refractivity contribution in [1.82, 2.24) is 25.3 Å². The Balaban J connectivity index is 1.04. The van der Waals surface area contributed by atoms with Gasteiger partial charge in [-0.2, -0.15) is 4.98 Å². The fourth-order valence-corrected chi connectivity index (χ4v) is 5.73. The van der Waals surface area contributed by atoms with Crippen LogP contribution in [-0.2, 0) is 4.79 Å². The lowest BCUT2D eigenvalue weighted by Crippen LogP contribution is -2.54. The molecule has 1 fully saturated rings. The summed E-state index contributed by atoms with van der Waals surface area (Å²) in [7, 11) is 0. The Morgan fingerprint density at radius 1 is 1.12 bits per heavy atom. The Labute approximate surface area is 256 Å². The topological polar surface area (TPSA) is 101 Å². The molecule has 0 radical (unpaired) electrons. The van der Waals surface area contributed by atoms with E-state index in [-0.39, 0.29) is 29.1 Å². The van der Waals surface area contributed by atoms with Gasteiger partial charge in [0.25, 0.3) is 11.8 Å². The summed E-state index contributed by atoms with van der Waals surface area (Å²) < 4.78 is 25.9. The van der Waals surface area contributed by atoms with Gasteiger partial charge in [-0.3, -0.25) is 14.5 Å². The first kappa shape index (κ1) is 30.0. The van der Waals surface area contributed by atoms with Crippen molar-refractivity contribution in [2.75, 3.05) is 39.3 Å². The maximum absolute atomic E-state index is 14.9. The van der Waals surface area contributed by atoms with Crippen LogP contribution in [0.5, 0.6) is 5.75 Å². The van der Waals surface area contributed by atoms with Crippen LogP contribution in [0.2, 0.25) is 10.0 Å². The first-order chi connectivity index (χ1) is 20.3. The number of nitrogens with zero attached hydrogens (tertiary/aromatic N) is 4. The fraction of sp³-hybridized carbons (Fsp3) is 0.310. The Bertz CT molecular complexity index is 1520. The number of ether oxygens (including phenoxy) is 1. The number of aromatic nitrogens is 2. The third-order valence-electron chi connectivity index (χ3n) is 6.75. The maximum Gasteiger partial charge on any atom is 0.261 e. The molecular formula is C29H28Cl2FN5O4S. The van der Waals surface area contributed by atoms with Crippen molar-refractivity contribution in [2.45, 2.75) is 19.4 Å². The summed E-state index contributed by atoms with van der Waals surface area (Å²) in [6.45, 7) is 5.55. The second kappa shape index (κ2) is 13.6. The lowest BCUT2D eigenvalue weighted by Gasteiger charge is -2.36. The zero-order valence-electron chi connectivity index (χ0n) is 22.7. The first-order valence-corrected chi connectivity index (χ1v) is 15.0. The molecule has 1 aliphatic rings. The van der Waals surface area contributed by atoms with Gasteiger partial charge in [-0.1, -0.05) is 34.4 Å². The van der Waals surface area contributed by atoms with E-state index in [2.05, 4.69) is 20.4 Å². The number of hydrogen-bond acceptors (Lipinski definition) is 8. The number of benzene rings is 2. The molecule has 0 bridgehead atoms. The van der Waals surface area contributed by atoms with Gasteiger partial charge in [0.2, 0.25) is 11.7 Å². The molecule has 1 saturated heterocycles. The van der Waals surface area contributed by atoms with Gasteiger partial charge in [-0.25, -0.2) is 4.39 Å². The fourth-order valence-electron chi connectivity index (χ4n) is 4.58. The number of rotatable bonds is 10. The molecule has 42 heavy (non-hydrogen) atoms. The van der Waals surface area contributed by atoms with E-state index in [9.17, 15) is 14.0 Å². The standard InChI is InChI=1S/C29H28Cl2FN5O4S/c1-18(33-27(38)25-4-2-13-42-25)29(39)37-10-8-36(9-11-37)7-3-12-40-22-5-6-23(24(32)17-22)26-34-28(41-35-26)19-14-20(30)16-21(31)15-19/h2,4-6,13-18H,3,7-12H2,1H3,(H,33,38)/t18-/m1/s1. The molecule has 1 N–H and O–H groups in total. The summed E-state index contributed by atoms with van der Waals surface area (Å²) in [5.41, 5.74) is 0.714. The van der Waals surface area contributed by atoms with Crippen LogP contribution < -0.4 is 10.1 Å². The van der Waals surface area contributed by atoms with Gasteiger partial charge in [0.15, 0.2) is 0 Å². The van der Waals surface area contributed by atoms with Crippen LogP contribution in [-0.4, -0.2) is 77.1 Å². The lowest BCUT2D eigenvalue weighted by molar-refractivity contribution is -0.134. The van der Waals surface area contributed by atoms with E-state index in [0.29, 0.717) is 45.9 Å². The molecule has 2 amide bonds. The Morgan fingerprint density at radius 2 is 1.88 bits per heavy atom. The predicted octanol–water partition coefficient (Wildman–Crippen LogP) is 5.64. The number of carbonyl (C=O) groups is 2. The van der Waals surface area contributed by atoms with Gasteiger partial charge in [0.1, 0.15) is 17.6 Å². The number of hydrogen-bond donors (Lipinski definition) is 1. The molecule has 2 aromatic heterocycles. The number of nitrogens with one attached hydrogen (secondary N) is 1. The van der Waals surface area contributed by atoms with Crippen molar-refractivity contribution in [1.29, 1.82) is 0 Å². The van der Waals surface area contributed by atoms with Gasteiger partial charge >= 0.3 is 0 Å². The molecule has 0 saturated carbocycles. The molecule has 0 aliphatic carbocycles. The van der Waals surface area contributed by atoms with Gasteiger partial charge in [0.05, 0.1) is 17.0 Å². The van der Waals surface area contributed by atoms with E-state index in [0.717, 1.165) is 26.1 Å². The van der Waals surface area contributed by atoms with Crippen LogP contribution in [0.15, 0.2) is 58.4 Å². The number of thiophene rings is 1. The second-order valence-electron chi connectivity index (χ2n) is 9.76. The zero-order chi connectivity index (χ0) is 29.6. The molecule has 0 unspecified atom stereocenters. The van der Waals surface area contributed by atoms with Crippen molar-refractivity contribution < 1.29 is 23.2 Å². The molecule has 2 aromatic carbocycles. The van der Waals surface area contributed by atoms with E-state index in [1.54, 1.807) is 54.3 Å². The monoisotopic (exact) mass is 631 g/mol. The summed E-state index contributed by atoms with van der Waals surface area (Å²) in [6.07, 6.45) is 0.737. The summed E-state index contributed by atoms with van der Waals surface area (Å²) in [6, 6.07) is 12.3. The van der Waals surface area contributed by atoms with Gasteiger partial charge < -0.3 is 19.5 Å². The molecule has 220 valence electrons. The quantitative estimate of drug-likeness (QED) is 0.226. The van der Waals surface area contributed by atoms with Crippen LogP contribution in [0, 0.1) is 5.82 Å². The van der Waals surface area contributed by atoms with E-state index in [1.165, 1.54) is 17.4 Å².